The maximum Gasteiger partial charge on any atom is 0.186 e. The summed E-state index contributed by atoms with van der Waals surface area (Å²) in [7, 11) is 1.75. The second-order valence-corrected chi connectivity index (χ2v) is 4.45. The van der Waals surface area contributed by atoms with Crippen molar-refractivity contribution in [1.82, 2.24) is 15.7 Å². The third-order valence-electron chi connectivity index (χ3n) is 2.57. The van der Waals surface area contributed by atoms with Crippen molar-refractivity contribution >= 4 is 23.0 Å². The lowest BCUT2D eigenvalue weighted by Crippen LogP contribution is -2.29. The first-order chi connectivity index (χ1) is 8.67. The third-order valence-corrected chi connectivity index (χ3v) is 2.86. The number of nitrogens with one attached hydrogen (secondary N) is 2. The average molecular weight is 264 g/mol. The quantitative estimate of drug-likeness (QED) is 0.486. The molecular weight excluding hydrogens is 244 g/mol. The van der Waals surface area contributed by atoms with Crippen LogP contribution in [0.15, 0.2) is 23.4 Å². The number of nitrogens with zero attached hydrogens (tertiary/aromatic N) is 2. The first-order valence-corrected chi connectivity index (χ1v) is 6.55. The fourth-order valence-electron chi connectivity index (χ4n) is 1.42. The van der Waals surface area contributed by atoms with Gasteiger partial charge in [0, 0.05) is 13.2 Å². The van der Waals surface area contributed by atoms with Crippen LogP contribution in [-0.4, -0.2) is 22.9 Å². The van der Waals surface area contributed by atoms with Gasteiger partial charge in [-0.3, -0.25) is 10.4 Å². The highest BCUT2D eigenvalue weighted by atomic mass is 32.1. The van der Waals surface area contributed by atoms with E-state index in [1.54, 1.807) is 7.05 Å². The van der Waals surface area contributed by atoms with Gasteiger partial charge in [-0.2, -0.15) is 5.10 Å². The predicted octanol–water partition coefficient (Wildman–Crippen LogP) is 2.24. The summed E-state index contributed by atoms with van der Waals surface area (Å²) in [6.45, 7) is 4.09. The molecule has 1 aromatic heterocycles. The number of aromatic nitrogens is 1. The number of aryl methyl sites for hydroxylation is 1. The van der Waals surface area contributed by atoms with Crippen LogP contribution in [0.3, 0.4) is 0 Å². The van der Waals surface area contributed by atoms with Crippen molar-refractivity contribution < 1.29 is 0 Å². The summed E-state index contributed by atoms with van der Waals surface area (Å²) >= 11 is 4.94. The topological polar surface area (TPSA) is 49.3 Å². The Labute approximate surface area is 114 Å². The first-order valence-electron chi connectivity index (χ1n) is 6.14. The van der Waals surface area contributed by atoms with Crippen molar-refractivity contribution in [2.24, 2.45) is 5.10 Å². The molecule has 0 aliphatic carbocycles. The molecule has 0 spiro atoms. The molecule has 5 heteroatoms. The monoisotopic (exact) mass is 264 g/mol. The fraction of sp³-hybridized carbons (Fsp3) is 0.462. The normalized spacial score (nSPS) is 11.2. The molecule has 0 atom stereocenters. The molecule has 4 nitrogen and oxygen atoms in total. The van der Waals surface area contributed by atoms with Crippen molar-refractivity contribution in [1.29, 1.82) is 0 Å². The minimum absolute atomic E-state index is 0.494. The second-order valence-electron chi connectivity index (χ2n) is 4.04. The maximum atomic E-state index is 4.94. The summed E-state index contributed by atoms with van der Waals surface area (Å²) in [5, 5.41) is 7.45. The number of thiocarbonyl (C=S) groups is 1. The van der Waals surface area contributed by atoms with E-state index in [2.05, 4.69) is 33.8 Å². The number of hydrazone groups is 1. The number of hydrogen-bond donors (Lipinski definition) is 2. The van der Waals surface area contributed by atoms with E-state index in [1.807, 2.05) is 19.2 Å². The standard InChI is InChI=1S/C13H20N4S/c1-4-5-6-11-7-8-12(15-9-11)10(2)16-17-13(18)14-3/h7-9H,4-6H2,1-3H3,(H2,14,17,18)/b16-10+. The summed E-state index contributed by atoms with van der Waals surface area (Å²) < 4.78 is 0. The van der Waals surface area contributed by atoms with Gasteiger partial charge in [0.15, 0.2) is 5.11 Å². The zero-order valence-electron chi connectivity index (χ0n) is 11.2. The molecule has 0 unspecified atom stereocenters. The molecule has 0 bridgehead atoms. The molecule has 0 aliphatic heterocycles. The minimum Gasteiger partial charge on any atom is -0.364 e. The first kappa shape index (κ1) is 14.6. The Kier molecular flexibility index (Phi) is 6.28. The van der Waals surface area contributed by atoms with Gasteiger partial charge in [0.1, 0.15) is 0 Å². The van der Waals surface area contributed by atoms with E-state index in [-0.39, 0.29) is 0 Å². The predicted molar refractivity (Wildman–Crippen MR) is 79.9 cm³/mol. The lowest BCUT2D eigenvalue weighted by atomic mass is 10.1. The van der Waals surface area contributed by atoms with E-state index in [0.29, 0.717) is 5.11 Å². The van der Waals surface area contributed by atoms with E-state index < -0.39 is 0 Å². The van der Waals surface area contributed by atoms with Crippen LogP contribution in [0.2, 0.25) is 0 Å². The Morgan fingerprint density at radius 1 is 1.44 bits per heavy atom. The zero-order valence-corrected chi connectivity index (χ0v) is 12.0. The Morgan fingerprint density at radius 3 is 2.78 bits per heavy atom. The lowest BCUT2D eigenvalue weighted by molar-refractivity contribution is 0.792. The minimum atomic E-state index is 0.494. The van der Waals surface area contributed by atoms with Crippen LogP contribution in [0.25, 0.3) is 0 Å². The summed E-state index contributed by atoms with van der Waals surface area (Å²) in [5.41, 5.74) is 5.70. The SMILES string of the molecule is CCCCc1ccc(/C(C)=N/NC(=S)NC)nc1. The van der Waals surface area contributed by atoms with Gasteiger partial charge < -0.3 is 5.32 Å². The summed E-state index contributed by atoms with van der Waals surface area (Å²) in [4.78, 5) is 4.40. The highest BCUT2D eigenvalue weighted by Gasteiger charge is 2.00. The Balaban J connectivity index is 2.63. The van der Waals surface area contributed by atoms with Crippen LogP contribution in [0, 0.1) is 0 Å². The second kappa shape index (κ2) is 7.76. The van der Waals surface area contributed by atoms with Crippen LogP contribution >= 0.6 is 12.2 Å². The highest BCUT2D eigenvalue weighted by Crippen LogP contribution is 2.05. The van der Waals surface area contributed by atoms with E-state index in [4.69, 9.17) is 12.2 Å². The molecule has 0 saturated carbocycles. The van der Waals surface area contributed by atoms with E-state index in [9.17, 15) is 0 Å². The molecule has 98 valence electrons. The molecule has 0 aliphatic rings. The Hall–Kier alpha value is -1.49. The van der Waals surface area contributed by atoms with Gasteiger partial charge in [-0.15, -0.1) is 0 Å². The van der Waals surface area contributed by atoms with E-state index in [1.165, 1.54) is 18.4 Å². The number of rotatable bonds is 5. The summed E-state index contributed by atoms with van der Waals surface area (Å²) in [6.07, 6.45) is 5.40. The largest absolute Gasteiger partial charge is 0.364 e. The van der Waals surface area contributed by atoms with E-state index in [0.717, 1.165) is 17.8 Å². The van der Waals surface area contributed by atoms with Crippen LogP contribution in [0.4, 0.5) is 0 Å². The maximum absolute atomic E-state index is 4.94. The molecule has 2 N–H and O–H groups in total. The molecular formula is C13H20N4S. The molecule has 0 amide bonds. The van der Waals surface area contributed by atoms with Crippen molar-refractivity contribution in [2.45, 2.75) is 33.1 Å². The van der Waals surface area contributed by atoms with Gasteiger partial charge in [0.25, 0.3) is 0 Å². The van der Waals surface area contributed by atoms with Crippen LogP contribution in [0.5, 0.6) is 0 Å². The number of hydrogen-bond acceptors (Lipinski definition) is 3. The van der Waals surface area contributed by atoms with Gasteiger partial charge in [-0.05, 0) is 43.6 Å². The number of pyridine rings is 1. The van der Waals surface area contributed by atoms with Crippen molar-refractivity contribution in [3.05, 3.63) is 29.6 Å². The Morgan fingerprint density at radius 2 is 2.22 bits per heavy atom. The Bertz CT molecular complexity index is 412. The van der Waals surface area contributed by atoms with Gasteiger partial charge in [0.2, 0.25) is 0 Å². The summed E-state index contributed by atoms with van der Waals surface area (Å²) in [5.74, 6) is 0. The molecule has 1 rings (SSSR count). The van der Waals surface area contributed by atoms with E-state index >= 15 is 0 Å². The van der Waals surface area contributed by atoms with Gasteiger partial charge in [-0.25, -0.2) is 0 Å². The number of unbranched alkanes of at least 4 members (excludes halogenated alkanes) is 1. The average Bonchev–Trinajstić information content (AvgIpc) is 2.42. The third kappa shape index (κ3) is 4.79. The highest BCUT2D eigenvalue weighted by molar-refractivity contribution is 7.80. The molecule has 0 saturated heterocycles. The van der Waals surface area contributed by atoms with Gasteiger partial charge >= 0.3 is 0 Å². The lowest BCUT2D eigenvalue weighted by Gasteiger charge is -2.04. The molecule has 1 aromatic rings. The van der Waals surface area contributed by atoms with Crippen molar-refractivity contribution in [2.75, 3.05) is 7.05 Å². The fourth-order valence-corrected chi connectivity index (χ4v) is 1.46. The van der Waals surface area contributed by atoms with Crippen LogP contribution in [-0.2, 0) is 6.42 Å². The van der Waals surface area contributed by atoms with Crippen LogP contribution < -0.4 is 10.7 Å². The molecule has 0 fully saturated rings. The van der Waals surface area contributed by atoms with Gasteiger partial charge in [-0.1, -0.05) is 19.4 Å². The zero-order chi connectivity index (χ0) is 13.4. The van der Waals surface area contributed by atoms with Crippen LogP contribution in [0.1, 0.15) is 37.9 Å². The molecule has 0 radical (unpaired) electrons. The summed E-state index contributed by atoms with van der Waals surface area (Å²) in [6, 6.07) is 4.10. The smallest absolute Gasteiger partial charge is 0.186 e. The van der Waals surface area contributed by atoms with Crippen molar-refractivity contribution in [3.63, 3.8) is 0 Å². The van der Waals surface area contributed by atoms with Gasteiger partial charge in [0.05, 0.1) is 11.4 Å². The molecule has 1 heterocycles. The molecule has 0 aromatic carbocycles. The molecule has 18 heavy (non-hydrogen) atoms. The van der Waals surface area contributed by atoms with Crippen molar-refractivity contribution in [3.8, 4) is 0 Å².